The van der Waals surface area contributed by atoms with E-state index in [9.17, 15) is 4.79 Å². The summed E-state index contributed by atoms with van der Waals surface area (Å²) in [4.78, 5) is 11.7. The van der Waals surface area contributed by atoms with Crippen LogP contribution in [0.3, 0.4) is 0 Å². The number of benzene rings is 2. The largest absolute Gasteiger partial charge is 0.376 e. The summed E-state index contributed by atoms with van der Waals surface area (Å²) in [5.74, 6) is -0.0675. The molecule has 0 aliphatic heterocycles. The fraction of sp³-hybridized carbons (Fsp3) is 0.316. The second-order valence-electron chi connectivity index (χ2n) is 5.72. The zero-order valence-electron chi connectivity index (χ0n) is 13.9. The van der Waals surface area contributed by atoms with Gasteiger partial charge < -0.3 is 15.8 Å². The van der Waals surface area contributed by atoms with Crippen LogP contribution in [0, 0.1) is 0 Å². The third-order valence-corrected chi connectivity index (χ3v) is 3.36. The molecule has 4 nitrogen and oxygen atoms in total. The second-order valence-corrected chi connectivity index (χ2v) is 5.72. The molecule has 0 heterocycles. The molecular formula is C19H25ClN2O2. The standard InChI is InChI=1S/C19H24N2O2.ClH/c1-15(20)12-19(22)21-18-9-5-8-17(13-18)14-23-11-10-16-6-3-2-4-7-16;/h2-9,13,15H,10-12,14,20H2,1H3,(H,21,22);1H. The van der Waals surface area contributed by atoms with Gasteiger partial charge in [0.2, 0.25) is 5.91 Å². The Morgan fingerprint density at radius 1 is 1.12 bits per heavy atom. The van der Waals surface area contributed by atoms with Crippen LogP contribution >= 0.6 is 12.4 Å². The third kappa shape index (κ3) is 7.59. The van der Waals surface area contributed by atoms with Crippen LogP contribution in [0.5, 0.6) is 0 Å². The SMILES string of the molecule is CC(N)CC(=O)Nc1cccc(COCCc2ccccc2)c1.Cl. The lowest BCUT2D eigenvalue weighted by Gasteiger charge is -2.09. The number of amides is 1. The summed E-state index contributed by atoms with van der Waals surface area (Å²) in [6, 6.07) is 17.8. The summed E-state index contributed by atoms with van der Waals surface area (Å²) in [6.45, 7) is 3.02. The number of rotatable bonds is 8. The van der Waals surface area contributed by atoms with E-state index in [-0.39, 0.29) is 24.4 Å². The number of carbonyl (C=O) groups excluding carboxylic acids is 1. The van der Waals surface area contributed by atoms with E-state index < -0.39 is 0 Å². The van der Waals surface area contributed by atoms with Gasteiger partial charge >= 0.3 is 0 Å². The normalized spacial score (nSPS) is 11.4. The van der Waals surface area contributed by atoms with Crippen LogP contribution in [0.4, 0.5) is 5.69 Å². The van der Waals surface area contributed by atoms with Gasteiger partial charge in [-0.2, -0.15) is 0 Å². The molecule has 1 unspecified atom stereocenters. The molecule has 0 bridgehead atoms. The number of hydrogen-bond donors (Lipinski definition) is 2. The number of anilines is 1. The molecule has 0 radical (unpaired) electrons. The van der Waals surface area contributed by atoms with E-state index >= 15 is 0 Å². The van der Waals surface area contributed by atoms with Crippen LogP contribution in [0.2, 0.25) is 0 Å². The van der Waals surface area contributed by atoms with Gasteiger partial charge in [0.25, 0.3) is 0 Å². The van der Waals surface area contributed by atoms with Gasteiger partial charge in [0.05, 0.1) is 13.2 Å². The smallest absolute Gasteiger partial charge is 0.225 e. The number of nitrogens with two attached hydrogens (primary N) is 1. The van der Waals surface area contributed by atoms with Crippen LogP contribution in [-0.4, -0.2) is 18.6 Å². The third-order valence-electron chi connectivity index (χ3n) is 3.36. The second kappa shape index (κ2) is 10.8. The Kier molecular flexibility index (Phi) is 9.08. The van der Waals surface area contributed by atoms with Crippen LogP contribution in [0.25, 0.3) is 0 Å². The van der Waals surface area contributed by atoms with E-state index in [0.29, 0.717) is 19.6 Å². The van der Waals surface area contributed by atoms with Crippen molar-refractivity contribution >= 4 is 24.0 Å². The Labute approximate surface area is 149 Å². The highest BCUT2D eigenvalue weighted by molar-refractivity contribution is 5.91. The number of halogens is 1. The highest BCUT2D eigenvalue weighted by Gasteiger charge is 2.05. The lowest BCUT2D eigenvalue weighted by atomic mass is 10.2. The fourth-order valence-corrected chi connectivity index (χ4v) is 2.27. The molecule has 0 saturated heterocycles. The lowest BCUT2D eigenvalue weighted by Crippen LogP contribution is -2.24. The van der Waals surface area contributed by atoms with Crippen molar-refractivity contribution < 1.29 is 9.53 Å². The highest BCUT2D eigenvalue weighted by atomic mass is 35.5. The average Bonchev–Trinajstić information content (AvgIpc) is 2.52. The predicted molar refractivity (Wildman–Crippen MR) is 100 cm³/mol. The van der Waals surface area contributed by atoms with Crippen molar-refractivity contribution in [3.8, 4) is 0 Å². The molecule has 24 heavy (non-hydrogen) atoms. The summed E-state index contributed by atoms with van der Waals surface area (Å²) in [6.07, 6.45) is 1.21. The van der Waals surface area contributed by atoms with Crippen molar-refractivity contribution in [3.05, 3.63) is 65.7 Å². The Bertz CT molecular complexity index is 618. The molecule has 0 aromatic heterocycles. The molecule has 0 aliphatic rings. The zero-order chi connectivity index (χ0) is 16.5. The predicted octanol–water partition coefficient (Wildman–Crippen LogP) is 3.54. The Hall–Kier alpha value is -1.88. The van der Waals surface area contributed by atoms with Crippen molar-refractivity contribution in [2.75, 3.05) is 11.9 Å². The molecule has 3 N–H and O–H groups in total. The molecule has 5 heteroatoms. The zero-order valence-corrected chi connectivity index (χ0v) is 14.7. The van der Waals surface area contributed by atoms with Crippen LogP contribution in [0.1, 0.15) is 24.5 Å². The van der Waals surface area contributed by atoms with Crippen LogP contribution in [0.15, 0.2) is 54.6 Å². The van der Waals surface area contributed by atoms with E-state index in [0.717, 1.165) is 17.7 Å². The van der Waals surface area contributed by atoms with Gasteiger partial charge in [0, 0.05) is 18.2 Å². The average molecular weight is 349 g/mol. The summed E-state index contributed by atoms with van der Waals surface area (Å²) < 4.78 is 5.72. The molecule has 0 saturated carbocycles. The van der Waals surface area contributed by atoms with Gasteiger partial charge in [0.15, 0.2) is 0 Å². The van der Waals surface area contributed by atoms with Gasteiger partial charge in [0.1, 0.15) is 0 Å². The quantitative estimate of drug-likeness (QED) is 0.717. The lowest BCUT2D eigenvalue weighted by molar-refractivity contribution is -0.116. The first-order valence-electron chi connectivity index (χ1n) is 7.89. The topological polar surface area (TPSA) is 64.4 Å². The van der Waals surface area contributed by atoms with Crippen molar-refractivity contribution in [1.29, 1.82) is 0 Å². The first-order valence-corrected chi connectivity index (χ1v) is 7.89. The molecule has 1 atom stereocenters. The van der Waals surface area contributed by atoms with Crippen LogP contribution in [-0.2, 0) is 22.6 Å². The van der Waals surface area contributed by atoms with Crippen molar-refractivity contribution in [2.24, 2.45) is 5.73 Å². The Balaban J connectivity index is 0.00000288. The summed E-state index contributed by atoms with van der Waals surface area (Å²) >= 11 is 0. The summed E-state index contributed by atoms with van der Waals surface area (Å²) in [5, 5.41) is 2.86. The molecule has 2 aromatic rings. The van der Waals surface area contributed by atoms with E-state index in [1.54, 1.807) is 0 Å². The number of ether oxygens (including phenoxy) is 1. The van der Waals surface area contributed by atoms with Crippen molar-refractivity contribution in [3.63, 3.8) is 0 Å². The van der Waals surface area contributed by atoms with E-state index in [4.69, 9.17) is 10.5 Å². The minimum absolute atomic E-state index is 0. The molecule has 2 rings (SSSR count). The van der Waals surface area contributed by atoms with E-state index in [1.807, 2.05) is 49.4 Å². The molecular weight excluding hydrogens is 324 g/mol. The fourth-order valence-electron chi connectivity index (χ4n) is 2.27. The molecule has 0 fully saturated rings. The van der Waals surface area contributed by atoms with Gasteiger partial charge in [-0.05, 0) is 36.6 Å². The van der Waals surface area contributed by atoms with Crippen LogP contribution < -0.4 is 11.1 Å². The first-order chi connectivity index (χ1) is 11.1. The molecule has 1 amide bonds. The summed E-state index contributed by atoms with van der Waals surface area (Å²) in [7, 11) is 0. The van der Waals surface area contributed by atoms with Crippen molar-refractivity contribution in [2.45, 2.75) is 32.4 Å². The van der Waals surface area contributed by atoms with Gasteiger partial charge in [-0.25, -0.2) is 0 Å². The number of carbonyl (C=O) groups is 1. The maximum atomic E-state index is 11.7. The molecule has 0 aliphatic carbocycles. The number of hydrogen-bond acceptors (Lipinski definition) is 3. The van der Waals surface area contributed by atoms with E-state index in [1.165, 1.54) is 5.56 Å². The Morgan fingerprint density at radius 3 is 2.54 bits per heavy atom. The minimum atomic E-state index is -0.139. The van der Waals surface area contributed by atoms with Gasteiger partial charge in [-0.15, -0.1) is 12.4 Å². The van der Waals surface area contributed by atoms with Gasteiger partial charge in [-0.3, -0.25) is 4.79 Å². The first kappa shape index (κ1) is 20.2. The number of nitrogens with one attached hydrogen (secondary N) is 1. The maximum absolute atomic E-state index is 11.7. The maximum Gasteiger partial charge on any atom is 0.225 e. The highest BCUT2D eigenvalue weighted by Crippen LogP contribution is 2.12. The van der Waals surface area contributed by atoms with Gasteiger partial charge in [-0.1, -0.05) is 42.5 Å². The minimum Gasteiger partial charge on any atom is -0.376 e. The molecule has 130 valence electrons. The Morgan fingerprint density at radius 2 is 1.83 bits per heavy atom. The van der Waals surface area contributed by atoms with Crippen molar-refractivity contribution in [1.82, 2.24) is 0 Å². The molecule has 2 aromatic carbocycles. The monoisotopic (exact) mass is 348 g/mol. The molecule has 0 spiro atoms. The van der Waals surface area contributed by atoms with E-state index in [2.05, 4.69) is 17.4 Å². The summed E-state index contributed by atoms with van der Waals surface area (Å²) in [5.41, 5.74) is 8.71.